The smallest absolute Gasteiger partial charge is 0.410 e. The van der Waals surface area contributed by atoms with E-state index in [0.29, 0.717) is 31.3 Å². The molecule has 3 N–H and O–H groups in total. The number of nitrogens with two attached hydrogens (primary N) is 1. The third-order valence-electron chi connectivity index (χ3n) is 3.77. The van der Waals surface area contributed by atoms with Crippen LogP contribution in [0, 0.1) is 0 Å². The zero-order chi connectivity index (χ0) is 18.6. The van der Waals surface area contributed by atoms with E-state index in [1.165, 1.54) is 0 Å². The van der Waals surface area contributed by atoms with E-state index in [1.807, 2.05) is 32.6 Å². The van der Waals surface area contributed by atoms with E-state index >= 15 is 0 Å². The van der Waals surface area contributed by atoms with Gasteiger partial charge in [-0.1, -0.05) is 5.16 Å². The number of carbonyl (C=O) groups excluding carboxylic acids is 1. The van der Waals surface area contributed by atoms with Gasteiger partial charge >= 0.3 is 6.09 Å². The lowest BCUT2D eigenvalue weighted by molar-refractivity contribution is 0.0251. The highest BCUT2D eigenvalue weighted by Gasteiger charge is 2.29. The van der Waals surface area contributed by atoms with Crippen LogP contribution in [0.1, 0.15) is 39.8 Å². The molecule has 0 aromatic carbocycles. The molecule has 138 valence electrons. The molecule has 9 nitrogen and oxygen atoms in total. The number of amidine groups is 1. The summed E-state index contributed by atoms with van der Waals surface area (Å²) in [5, 5.41) is 11.8. The monoisotopic (exact) mass is 350 g/mol. The average Bonchev–Trinajstić information content (AvgIpc) is 2.74. The SMILES string of the molecule is C[C@H]1CN(C(=O)OC(C)(C)C)CCCN1c1nccc(/C(N)=N/O)n1. The Kier molecular flexibility index (Phi) is 5.66. The molecule has 1 aliphatic rings. The zero-order valence-corrected chi connectivity index (χ0v) is 15.1. The van der Waals surface area contributed by atoms with Crippen molar-refractivity contribution in [1.82, 2.24) is 14.9 Å². The molecular formula is C16H26N6O3. The number of ether oxygens (including phenoxy) is 1. The van der Waals surface area contributed by atoms with E-state index in [0.717, 1.165) is 6.42 Å². The molecule has 1 aromatic heterocycles. The maximum atomic E-state index is 12.3. The van der Waals surface area contributed by atoms with Crippen molar-refractivity contribution in [3.8, 4) is 0 Å². The lowest BCUT2D eigenvalue weighted by Crippen LogP contribution is -2.43. The number of hydrogen-bond acceptors (Lipinski definition) is 7. The van der Waals surface area contributed by atoms with Gasteiger partial charge in [-0.15, -0.1) is 0 Å². The molecule has 1 saturated heterocycles. The van der Waals surface area contributed by atoms with Crippen molar-refractivity contribution >= 4 is 17.9 Å². The molecule has 25 heavy (non-hydrogen) atoms. The van der Waals surface area contributed by atoms with Gasteiger partial charge in [-0.25, -0.2) is 14.8 Å². The third-order valence-corrected chi connectivity index (χ3v) is 3.77. The second-order valence-electron chi connectivity index (χ2n) is 7.05. The minimum Gasteiger partial charge on any atom is -0.444 e. The predicted molar refractivity (Wildman–Crippen MR) is 93.8 cm³/mol. The van der Waals surface area contributed by atoms with Gasteiger partial charge in [-0.05, 0) is 40.2 Å². The number of hydrogen-bond donors (Lipinski definition) is 2. The van der Waals surface area contributed by atoms with Crippen molar-refractivity contribution in [1.29, 1.82) is 0 Å². The third kappa shape index (κ3) is 4.94. The molecule has 0 saturated carbocycles. The van der Waals surface area contributed by atoms with Gasteiger partial charge in [0.2, 0.25) is 5.95 Å². The lowest BCUT2D eigenvalue weighted by Gasteiger charge is -2.30. The Morgan fingerprint density at radius 2 is 2.16 bits per heavy atom. The van der Waals surface area contributed by atoms with Crippen molar-refractivity contribution in [2.24, 2.45) is 10.9 Å². The Labute approximate surface area is 147 Å². The Morgan fingerprint density at radius 3 is 2.80 bits per heavy atom. The molecule has 9 heteroatoms. The second-order valence-corrected chi connectivity index (χ2v) is 7.05. The second kappa shape index (κ2) is 7.54. The summed E-state index contributed by atoms with van der Waals surface area (Å²) >= 11 is 0. The Morgan fingerprint density at radius 1 is 1.44 bits per heavy atom. The molecule has 1 aromatic rings. The first-order valence-electron chi connectivity index (χ1n) is 8.27. The summed E-state index contributed by atoms with van der Waals surface area (Å²) in [5.74, 6) is 0.421. The number of aromatic nitrogens is 2. The fourth-order valence-corrected chi connectivity index (χ4v) is 2.63. The van der Waals surface area contributed by atoms with E-state index < -0.39 is 5.60 Å². The highest BCUT2D eigenvalue weighted by atomic mass is 16.6. The first-order chi connectivity index (χ1) is 11.7. The standard InChI is InChI=1S/C16H26N6O3/c1-11-10-21(15(23)25-16(2,3)4)8-5-9-22(11)14-18-7-6-12(19-14)13(17)20-24/h6-7,11,24H,5,8-10H2,1-4H3,(H2,17,20)/t11-/m0/s1. The van der Waals surface area contributed by atoms with E-state index in [-0.39, 0.29) is 18.0 Å². The Hall–Kier alpha value is -2.58. The molecule has 0 radical (unpaired) electrons. The summed E-state index contributed by atoms with van der Waals surface area (Å²) in [6.07, 6.45) is 2.02. The first kappa shape index (κ1) is 18.8. The fraction of sp³-hybridized carbons (Fsp3) is 0.625. The number of oxime groups is 1. The molecule has 1 amide bonds. The van der Waals surface area contributed by atoms with E-state index in [4.69, 9.17) is 15.7 Å². The number of nitrogens with zero attached hydrogens (tertiary/aromatic N) is 5. The largest absolute Gasteiger partial charge is 0.444 e. The van der Waals surface area contributed by atoms with Crippen LogP contribution in [0.4, 0.5) is 10.7 Å². The summed E-state index contributed by atoms with van der Waals surface area (Å²) in [5.41, 5.74) is 5.43. The maximum Gasteiger partial charge on any atom is 0.410 e. The molecule has 2 heterocycles. The molecule has 1 atom stereocenters. The van der Waals surface area contributed by atoms with Crippen LogP contribution in [0.2, 0.25) is 0 Å². The van der Waals surface area contributed by atoms with Crippen LogP contribution in [0.5, 0.6) is 0 Å². The summed E-state index contributed by atoms with van der Waals surface area (Å²) < 4.78 is 5.46. The molecule has 0 bridgehead atoms. The van der Waals surface area contributed by atoms with Crippen molar-refractivity contribution in [2.45, 2.75) is 45.8 Å². The van der Waals surface area contributed by atoms with Crippen LogP contribution < -0.4 is 10.6 Å². The lowest BCUT2D eigenvalue weighted by atomic mass is 10.2. The fourth-order valence-electron chi connectivity index (χ4n) is 2.63. The molecule has 2 rings (SSSR count). The first-order valence-corrected chi connectivity index (χ1v) is 8.27. The van der Waals surface area contributed by atoms with Crippen LogP contribution in [0.15, 0.2) is 17.4 Å². The Bertz CT molecular complexity index is 643. The quantitative estimate of drug-likeness (QED) is 0.358. The van der Waals surface area contributed by atoms with Crippen molar-refractivity contribution in [2.75, 3.05) is 24.5 Å². The number of carbonyl (C=O) groups is 1. The van der Waals surface area contributed by atoms with Crippen LogP contribution in [-0.2, 0) is 4.74 Å². The zero-order valence-electron chi connectivity index (χ0n) is 15.1. The molecule has 0 aliphatic carbocycles. The minimum atomic E-state index is -0.523. The molecule has 0 unspecified atom stereocenters. The molecule has 1 aliphatic heterocycles. The van der Waals surface area contributed by atoms with Gasteiger partial charge in [-0.3, -0.25) is 0 Å². The van der Waals surface area contributed by atoms with E-state index in [9.17, 15) is 4.79 Å². The van der Waals surface area contributed by atoms with Gasteiger partial charge in [0.15, 0.2) is 5.84 Å². The average molecular weight is 350 g/mol. The molecular weight excluding hydrogens is 324 g/mol. The van der Waals surface area contributed by atoms with Crippen LogP contribution in [0.25, 0.3) is 0 Å². The molecule has 0 spiro atoms. The predicted octanol–water partition coefficient (Wildman–Crippen LogP) is 1.41. The normalized spacial score (nSPS) is 19.5. The van der Waals surface area contributed by atoms with Gasteiger partial charge in [0.05, 0.1) is 0 Å². The molecule has 1 fully saturated rings. The van der Waals surface area contributed by atoms with Gasteiger partial charge in [-0.2, -0.15) is 0 Å². The minimum absolute atomic E-state index is 0.00226. The van der Waals surface area contributed by atoms with Crippen molar-refractivity contribution < 1.29 is 14.7 Å². The van der Waals surface area contributed by atoms with Crippen molar-refractivity contribution in [3.05, 3.63) is 18.0 Å². The van der Waals surface area contributed by atoms with Gasteiger partial charge < -0.3 is 25.5 Å². The summed E-state index contributed by atoms with van der Waals surface area (Å²) in [6.45, 7) is 9.37. The Balaban J connectivity index is 2.14. The van der Waals surface area contributed by atoms with Gasteiger partial charge in [0.25, 0.3) is 0 Å². The number of anilines is 1. The van der Waals surface area contributed by atoms with Crippen LogP contribution in [0.3, 0.4) is 0 Å². The summed E-state index contributed by atoms with van der Waals surface area (Å²) in [4.78, 5) is 24.7. The number of amides is 1. The van der Waals surface area contributed by atoms with Crippen molar-refractivity contribution in [3.63, 3.8) is 0 Å². The van der Waals surface area contributed by atoms with Gasteiger partial charge in [0.1, 0.15) is 11.3 Å². The van der Waals surface area contributed by atoms with E-state index in [2.05, 4.69) is 15.1 Å². The highest BCUT2D eigenvalue weighted by Crippen LogP contribution is 2.18. The maximum absolute atomic E-state index is 12.3. The number of rotatable bonds is 2. The van der Waals surface area contributed by atoms with E-state index in [1.54, 1.807) is 17.2 Å². The highest BCUT2D eigenvalue weighted by molar-refractivity contribution is 5.95. The summed E-state index contributed by atoms with van der Waals surface area (Å²) in [7, 11) is 0. The van der Waals surface area contributed by atoms with Crippen LogP contribution >= 0.6 is 0 Å². The van der Waals surface area contributed by atoms with Crippen LogP contribution in [-0.4, -0.2) is 63.3 Å². The van der Waals surface area contributed by atoms with Gasteiger partial charge in [0, 0.05) is 31.9 Å². The summed E-state index contributed by atoms with van der Waals surface area (Å²) in [6, 6.07) is 1.58. The topological polar surface area (TPSA) is 117 Å².